The standard InChI is InChI=1S/C27H31N5O5/c1-5-30-21-14-19(23(33)15-22(21)31(6-2)27(30)37)24(34)29-11-9-17(10-12-29)32-25(35)18-13-16(3)7-8-20(18)28(4)26(32)36/h7-8,13-15,17,33H,5-6,9-12H2,1-4H3. The molecule has 1 aliphatic heterocycles. The number of hydrogen-bond donors (Lipinski definition) is 1. The highest BCUT2D eigenvalue weighted by atomic mass is 16.3. The third-order valence-corrected chi connectivity index (χ3v) is 7.57. The molecule has 1 fully saturated rings. The summed E-state index contributed by atoms with van der Waals surface area (Å²) in [7, 11) is 1.66. The van der Waals surface area contributed by atoms with E-state index in [1.54, 1.807) is 39.3 Å². The van der Waals surface area contributed by atoms with Crippen molar-refractivity contribution in [3.8, 4) is 5.75 Å². The van der Waals surface area contributed by atoms with E-state index in [-0.39, 0.29) is 40.2 Å². The maximum Gasteiger partial charge on any atom is 0.331 e. The molecule has 0 atom stereocenters. The van der Waals surface area contributed by atoms with E-state index < -0.39 is 0 Å². The Bertz CT molecular complexity index is 1730. The van der Waals surface area contributed by atoms with Crippen molar-refractivity contribution in [3.05, 3.63) is 72.8 Å². The third kappa shape index (κ3) is 3.78. The number of amides is 1. The Kier molecular flexibility index (Phi) is 6.05. The fourth-order valence-corrected chi connectivity index (χ4v) is 5.55. The molecular formula is C27H31N5O5. The normalized spacial score (nSPS) is 14.6. The average molecular weight is 506 g/mol. The van der Waals surface area contributed by atoms with Crippen molar-refractivity contribution in [2.45, 2.75) is 52.7 Å². The van der Waals surface area contributed by atoms with Gasteiger partial charge in [0.15, 0.2) is 0 Å². The van der Waals surface area contributed by atoms with Crippen LogP contribution < -0.4 is 16.9 Å². The molecule has 5 rings (SSSR count). The van der Waals surface area contributed by atoms with Crippen molar-refractivity contribution in [1.29, 1.82) is 0 Å². The quantitative estimate of drug-likeness (QED) is 0.458. The molecule has 10 heteroatoms. The number of piperidine rings is 1. The first-order chi connectivity index (χ1) is 17.7. The highest BCUT2D eigenvalue weighted by molar-refractivity contribution is 6.00. The van der Waals surface area contributed by atoms with Gasteiger partial charge in [-0.3, -0.25) is 27.9 Å². The lowest BCUT2D eigenvalue weighted by molar-refractivity contribution is 0.0688. The highest BCUT2D eigenvalue weighted by Crippen LogP contribution is 2.28. The van der Waals surface area contributed by atoms with Crippen LogP contribution in [0.25, 0.3) is 21.9 Å². The molecule has 1 aliphatic rings. The lowest BCUT2D eigenvalue weighted by Crippen LogP contribution is -2.46. The predicted octanol–water partition coefficient (Wildman–Crippen LogP) is 2.35. The molecule has 0 bridgehead atoms. The second-order valence-electron chi connectivity index (χ2n) is 9.69. The summed E-state index contributed by atoms with van der Waals surface area (Å²) in [5, 5.41) is 11.2. The third-order valence-electron chi connectivity index (χ3n) is 7.57. The average Bonchev–Trinajstić information content (AvgIpc) is 3.15. The zero-order valence-corrected chi connectivity index (χ0v) is 21.5. The molecule has 3 heterocycles. The summed E-state index contributed by atoms with van der Waals surface area (Å²) in [6, 6.07) is 8.19. The zero-order valence-electron chi connectivity index (χ0n) is 21.5. The zero-order chi connectivity index (χ0) is 26.6. The highest BCUT2D eigenvalue weighted by Gasteiger charge is 2.29. The van der Waals surface area contributed by atoms with Gasteiger partial charge in [0.1, 0.15) is 5.75 Å². The Morgan fingerprint density at radius 1 is 0.919 bits per heavy atom. The van der Waals surface area contributed by atoms with E-state index in [2.05, 4.69) is 0 Å². The van der Waals surface area contributed by atoms with Gasteiger partial charge in [-0.15, -0.1) is 0 Å². The van der Waals surface area contributed by atoms with Gasteiger partial charge in [-0.25, -0.2) is 9.59 Å². The van der Waals surface area contributed by atoms with E-state index in [9.17, 15) is 24.3 Å². The van der Waals surface area contributed by atoms with Crippen molar-refractivity contribution in [2.75, 3.05) is 13.1 Å². The number of rotatable bonds is 4. The van der Waals surface area contributed by atoms with Gasteiger partial charge in [0, 0.05) is 45.3 Å². The molecule has 0 unspecified atom stereocenters. The van der Waals surface area contributed by atoms with Gasteiger partial charge in [0.2, 0.25) is 0 Å². The molecule has 0 radical (unpaired) electrons. The summed E-state index contributed by atoms with van der Waals surface area (Å²) < 4.78 is 5.98. The molecule has 1 saturated heterocycles. The fraction of sp³-hybridized carbons (Fsp3) is 0.407. The monoisotopic (exact) mass is 505 g/mol. The van der Waals surface area contributed by atoms with Gasteiger partial charge in [-0.2, -0.15) is 0 Å². The summed E-state index contributed by atoms with van der Waals surface area (Å²) in [5.74, 6) is -0.517. The van der Waals surface area contributed by atoms with Crippen LogP contribution in [-0.2, 0) is 20.1 Å². The van der Waals surface area contributed by atoms with E-state index in [0.717, 1.165) is 5.56 Å². The number of likely N-dealkylation sites (tertiary alicyclic amines) is 1. The molecule has 4 aromatic rings. The van der Waals surface area contributed by atoms with Crippen LogP contribution in [0.4, 0.5) is 0 Å². The molecule has 1 amide bonds. The number of carbonyl (C=O) groups is 1. The molecule has 2 aromatic carbocycles. The Morgan fingerprint density at radius 2 is 1.54 bits per heavy atom. The number of benzene rings is 2. The van der Waals surface area contributed by atoms with Crippen LogP contribution in [-0.4, -0.2) is 47.3 Å². The Labute approximate surface area is 212 Å². The smallest absolute Gasteiger partial charge is 0.331 e. The first-order valence-corrected chi connectivity index (χ1v) is 12.6. The van der Waals surface area contributed by atoms with E-state index in [0.29, 0.717) is 61.0 Å². The van der Waals surface area contributed by atoms with E-state index >= 15 is 0 Å². The molecular weight excluding hydrogens is 474 g/mol. The van der Waals surface area contributed by atoms with Crippen LogP contribution in [0.1, 0.15) is 48.7 Å². The summed E-state index contributed by atoms with van der Waals surface area (Å²) in [6.07, 6.45) is 0.875. The van der Waals surface area contributed by atoms with Crippen LogP contribution in [0.2, 0.25) is 0 Å². The van der Waals surface area contributed by atoms with Crippen molar-refractivity contribution >= 4 is 27.8 Å². The first-order valence-electron chi connectivity index (χ1n) is 12.6. The second kappa shape index (κ2) is 9.10. The summed E-state index contributed by atoms with van der Waals surface area (Å²) >= 11 is 0. The minimum absolute atomic E-state index is 0.135. The maximum absolute atomic E-state index is 13.4. The number of aromatic hydroxyl groups is 1. The molecule has 0 aliphatic carbocycles. The molecule has 194 valence electrons. The van der Waals surface area contributed by atoms with Crippen LogP contribution in [0.3, 0.4) is 0 Å². The van der Waals surface area contributed by atoms with Gasteiger partial charge >= 0.3 is 11.4 Å². The number of nitrogens with zero attached hydrogens (tertiary/aromatic N) is 5. The van der Waals surface area contributed by atoms with Gasteiger partial charge in [0.05, 0.1) is 27.5 Å². The van der Waals surface area contributed by atoms with E-state index in [1.807, 2.05) is 26.8 Å². The maximum atomic E-state index is 13.4. The van der Waals surface area contributed by atoms with Gasteiger partial charge in [-0.05, 0) is 51.8 Å². The number of imidazole rings is 1. The molecule has 10 nitrogen and oxygen atoms in total. The number of phenolic OH excluding ortho intramolecular Hbond substituents is 1. The summed E-state index contributed by atoms with van der Waals surface area (Å²) in [5.41, 5.74) is 2.00. The van der Waals surface area contributed by atoms with Gasteiger partial charge in [-0.1, -0.05) is 11.6 Å². The van der Waals surface area contributed by atoms with Crippen LogP contribution in [0.15, 0.2) is 44.7 Å². The van der Waals surface area contributed by atoms with Crippen molar-refractivity contribution in [2.24, 2.45) is 7.05 Å². The number of carbonyl (C=O) groups excluding carboxylic acids is 1. The Balaban J connectivity index is 1.45. The Morgan fingerprint density at radius 3 is 2.16 bits per heavy atom. The number of aromatic nitrogens is 4. The second-order valence-corrected chi connectivity index (χ2v) is 9.69. The predicted molar refractivity (Wildman–Crippen MR) is 142 cm³/mol. The van der Waals surface area contributed by atoms with E-state index in [4.69, 9.17) is 0 Å². The fourth-order valence-electron chi connectivity index (χ4n) is 5.55. The lowest BCUT2D eigenvalue weighted by atomic mass is 10.0. The van der Waals surface area contributed by atoms with Crippen LogP contribution in [0.5, 0.6) is 5.75 Å². The molecule has 0 spiro atoms. The van der Waals surface area contributed by atoms with Gasteiger partial charge < -0.3 is 10.0 Å². The van der Waals surface area contributed by atoms with Crippen LogP contribution in [0, 0.1) is 6.92 Å². The van der Waals surface area contributed by atoms with Crippen molar-refractivity contribution in [3.63, 3.8) is 0 Å². The van der Waals surface area contributed by atoms with E-state index in [1.165, 1.54) is 15.2 Å². The topological polar surface area (TPSA) is 111 Å². The molecule has 2 aromatic heterocycles. The number of aryl methyl sites for hydroxylation is 4. The molecule has 1 N–H and O–H groups in total. The molecule has 37 heavy (non-hydrogen) atoms. The minimum atomic E-state index is -0.368. The SMILES string of the molecule is CCn1c(=O)n(CC)c2cc(C(=O)N3CCC(n4c(=O)c5cc(C)ccc5n(C)c4=O)CC3)c(O)cc21. The lowest BCUT2D eigenvalue weighted by Gasteiger charge is -2.33. The summed E-state index contributed by atoms with van der Waals surface area (Å²) in [4.78, 5) is 54.1. The number of hydrogen-bond acceptors (Lipinski definition) is 5. The number of phenols is 1. The Hall–Kier alpha value is -4.08. The van der Waals surface area contributed by atoms with Crippen molar-refractivity contribution < 1.29 is 9.90 Å². The molecule has 0 saturated carbocycles. The van der Waals surface area contributed by atoms with Crippen LogP contribution >= 0.6 is 0 Å². The summed E-state index contributed by atoms with van der Waals surface area (Å²) in [6.45, 7) is 7.19. The van der Waals surface area contributed by atoms with Crippen molar-refractivity contribution in [1.82, 2.24) is 23.2 Å². The minimum Gasteiger partial charge on any atom is -0.507 e. The number of fused-ring (bicyclic) bond motifs is 2. The first kappa shape index (κ1) is 24.6. The van der Waals surface area contributed by atoms with Gasteiger partial charge in [0.25, 0.3) is 11.5 Å². The largest absolute Gasteiger partial charge is 0.507 e.